The smallest absolute Gasteiger partial charge is 0.292 e. The molecule has 3 rings (SSSR count). The van der Waals surface area contributed by atoms with Crippen molar-refractivity contribution in [1.29, 1.82) is 0 Å². The number of carbonyl (C=O) groups is 1. The van der Waals surface area contributed by atoms with Crippen molar-refractivity contribution in [2.75, 3.05) is 30.5 Å². The highest BCUT2D eigenvalue weighted by atomic mass is 35.5. The molecular weight excluding hydrogens is 242 g/mol. The zero-order valence-electron chi connectivity index (χ0n) is 9.19. The highest BCUT2D eigenvalue weighted by molar-refractivity contribution is 6.18. The van der Waals surface area contributed by atoms with Crippen molar-refractivity contribution < 1.29 is 14.3 Å². The molecule has 0 atom stereocenters. The number of hydrogen-bond acceptors (Lipinski definition) is 3. The summed E-state index contributed by atoms with van der Waals surface area (Å²) in [7, 11) is 0. The van der Waals surface area contributed by atoms with E-state index in [0.29, 0.717) is 25.6 Å². The van der Waals surface area contributed by atoms with Crippen molar-refractivity contribution in [3.05, 3.63) is 29.8 Å². The van der Waals surface area contributed by atoms with Crippen LogP contribution >= 0.6 is 11.6 Å². The Bertz CT molecular complexity index is 457. The largest absolute Gasteiger partial charge is 0.336 e. The Labute approximate surface area is 104 Å². The fraction of sp³-hybridized carbons (Fsp3) is 0.417. The number of rotatable bonds is 2. The van der Waals surface area contributed by atoms with Crippen LogP contribution in [0.5, 0.6) is 0 Å². The Hall–Kier alpha value is -1.10. The van der Waals surface area contributed by atoms with Crippen LogP contribution in [0.1, 0.15) is 5.56 Å². The molecule has 2 aliphatic heterocycles. The van der Waals surface area contributed by atoms with E-state index in [1.54, 1.807) is 4.90 Å². The fourth-order valence-corrected chi connectivity index (χ4v) is 2.56. The minimum atomic E-state index is -1.22. The number of para-hydroxylation sites is 1. The Morgan fingerprint density at radius 3 is 2.71 bits per heavy atom. The van der Waals surface area contributed by atoms with Gasteiger partial charge in [-0.25, -0.2) is 0 Å². The van der Waals surface area contributed by atoms with Gasteiger partial charge in [0, 0.05) is 18.0 Å². The molecule has 0 aromatic heterocycles. The van der Waals surface area contributed by atoms with Gasteiger partial charge in [-0.1, -0.05) is 18.2 Å². The summed E-state index contributed by atoms with van der Waals surface area (Å²) in [5.74, 6) is -1.00. The molecule has 1 spiro atoms. The van der Waals surface area contributed by atoms with Crippen molar-refractivity contribution in [1.82, 2.24) is 0 Å². The van der Waals surface area contributed by atoms with Crippen molar-refractivity contribution in [2.24, 2.45) is 0 Å². The number of carbonyl (C=O) groups excluding carboxylic acids is 1. The molecule has 5 heteroatoms. The standard InChI is InChI=1S/C12H12ClNO3/c13-5-6-14-10-4-2-1-3-9(10)12(11(14)15)16-7-8-17-12/h1-4H,5-8H2. The summed E-state index contributed by atoms with van der Waals surface area (Å²) in [6, 6.07) is 7.52. The summed E-state index contributed by atoms with van der Waals surface area (Å²) in [5, 5.41) is 0. The first kappa shape index (κ1) is 11.0. The minimum Gasteiger partial charge on any atom is -0.336 e. The predicted molar refractivity (Wildman–Crippen MR) is 63.1 cm³/mol. The third kappa shape index (κ3) is 1.41. The molecule has 2 aliphatic rings. The number of fused-ring (bicyclic) bond motifs is 2. The molecular formula is C12H12ClNO3. The number of halogens is 1. The summed E-state index contributed by atoms with van der Waals surface area (Å²) < 4.78 is 11.1. The summed E-state index contributed by atoms with van der Waals surface area (Å²) in [6.07, 6.45) is 0. The number of benzene rings is 1. The summed E-state index contributed by atoms with van der Waals surface area (Å²) >= 11 is 5.73. The lowest BCUT2D eigenvalue weighted by atomic mass is 10.1. The first-order chi connectivity index (χ1) is 8.29. The van der Waals surface area contributed by atoms with Gasteiger partial charge >= 0.3 is 0 Å². The van der Waals surface area contributed by atoms with Crippen molar-refractivity contribution in [3.63, 3.8) is 0 Å². The third-order valence-corrected chi connectivity index (χ3v) is 3.25. The van der Waals surface area contributed by atoms with Crippen LogP contribution in [0.25, 0.3) is 0 Å². The molecule has 0 saturated carbocycles. The second-order valence-corrected chi connectivity index (χ2v) is 4.35. The van der Waals surface area contributed by atoms with E-state index in [-0.39, 0.29) is 5.91 Å². The van der Waals surface area contributed by atoms with Crippen LogP contribution in [0.15, 0.2) is 24.3 Å². The first-order valence-electron chi connectivity index (χ1n) is 5.55. The molecule has 1 aromatic rings. The summed E-state index contributed by atoms with van der Waals surface area (Å²) in [5.41, 5.74) is 1.62. The Morgan fingerprint density at radius 2 is 2.00 bits per heavy atom. The average molecular weight is 254 g/mol. The lowest BCUT2D eigenvalue weighted by molar-refractivity contribution is -0.180. The van der Waals surface area contributed by atoms with Gasteiger partial charge in [0.15, 0.2) is 0 Å². The van der Waals surface area contributed by atoms with Crippen LogP contribution < -0.4 is 4.90 Å². The number of anilines is 1. The second-order valence-electron chi connectivity index (χ2n) is 3.98. The highest BCUT2D eigenvalue weighted by Crippen LogP contribution is 2.45. The fourth-order valence-electron chi connectivity index (χ4n) is 2.39. The van der Waals surface area contributed by atoms with Crippen molar-refractivity contribution in [2.45, 2.75) is 5.79 Å². The summed E-state index contributed by atoms with van der Waals surface area (Å²) in [4.78, 5) is 14.0. The molecule has 1 saturated heterocycles. The predicted octanol–water partition coefficient (Wildman–Crippen LogP) is 1.47. The van der Waals surface area contributed by atoms with Gasteiger partial charge in [0.1, 0.15) is 0 Å². The Morgan fingerprint density at radius 1 is 1.29 bits per heavy atom. The molecule has 1 fully saturated rings. The number of nitrogens with zero attached hydrogens (tertiary/aromatic N) is 1. The molecule has 0 N–H and O–H groups in total. The molecule has 1 aromatic carbocycles. The molecule has 17 heavy (non-hydrogen) atoms. The maximum Gasteiger partial charge on any atom is 0.292 e. The molecule has 0 bridgehead atoms. The molecule has 90 valence electrons. The zero-order valence-corrected chi connectivity index (χ0v) is 9.94. The normalized spacial score (nSPS) is 21.2. The molecule has 0 aliphatic carbocycles. The number of ether oxygens (including phenoxy) is 2. The number of alkyl halides is 1. The Kier molecular flexibility index (Phi) is 2.58. The lowest BCUT2D eigenvalue weighted by Crippen LogP contribution is -2.41. The quantitative estimate of drug-likeness (QED) is 0.750. The van der Waals surface area contributed by atoms with E-state index in [4.69, 9.17) is 21.1 Å². The van der Waals surface area contributed by atoms with Crippen LogP contribution in [0.2, 0.25) is 0 Å². The van der Waals surface area contributed by atoms with Crippen molar-refractivity contribution in [3.8, 4) is 0 Å². The molecule has 2 heterocycles. The van der Waals surface area contributed by atoms with Gasteiger partial charge in [-0.05, 0) is 6.07 Å². The first-order valence-corrected chi connectivity index (χ1v) is 6.08. The van der Waals surface area contributed by atoms with E-state index in [9.17, 15) is 4.79 Å². The van der Waals surface area contributed by atoms with Crippen LogP contribution in [0.4, 0.5) is 5.69 Å². The average Bonchev–Trinajstić information content (AvgIpc) is 2.92. The van der Waals surface area contributed by atoms with E-state index in [1.807, 2.05) is 24.3 Å². The van der Waals surface area contributed by atoms with Gasteiger partial charge in [0.25, 0.3) is 11.7 Å². The molecule has 0 unspecified atom stereocenters. The van der Waals surface area contributed by atoms with E-state index >= 15 is 0 Å². The SMILES string of the molecule is O=C1N(CCCl)c2ccccc2C12OCCO2. The van der Waals surface area contributed by atoms with E-state index in [1.165, 1.54) is 0 Å². The van der Waals surface area contributed by atoms with Crippen molar-refractivity contribution >= 4 is 23.2 Å². The zero-order chi connectivity index (χ0) is 11.9. The third-order valence-electron chi connectivity index (χ3n) is 3.08. The minimum absolute atomic E-state index is 0.170. The monoisotopic (exact) mass is 253 g/mol. The van der Waals surface area contributed by atoms with Gasteiger partial charge < -0.3 is 14.4 Å². The second kappa shape index (κ2) is 3.98. The molecule has 0 radical (unpaired) electrons. The van der Waals surface area contributed by atoms with Gasteiger partial charge in [-0.15, -0.1) is 11.6 Å². The van der Waals surface area contributed by atoms with Gasteiger partial charge in [-0.2, -0.15) is 0 Å². The van der Waals surface area contributed by atoms with Crippen LogP contribution in [-0.4, -0.2) is 31.5 Å². The van der Waals surface area contributed by atoms with Crippen LogP contribution in [0.3, 0.4) is 0 Å². The number of hydrogen-bond donors (Lipinski definition) is 0. The van der Waals surface area contributed by atoms with Crippen LogP contribution in [-0.2, 0) is 20.1 Å². The Balaban J connectivity index is 2.12. The van der Waals surface area contributed by atoms with Gasteiger partial charge in [0.05, 0.1) is 18.9 Å². The van der Waals surface area contributed by atoms with E-state index < -0.39 is 5.79 Å². The van der Waals surface area contributed by atoms with Gasteiger partial charge in [-0.3, -0.25) is 4.79 Å². The maximum atomic E-state index is 12.4. The van der Waals surface area contributed by atoms with E-state index in [2.05, 4.69) is 0 Å². The van der Waals surface area contributed by atoms with Crippen LogP contribution in [0, 0.1) is 0 Å². The molecule has 4 nitrogen and oxygen atoms in total. The topological polar surface area (TPSA) is 38.8 Å². The lowest BCUT2D eigenvalue weighted by Gasteiger charge is -2.21. The highest BCUT2D eigenvalue weighted by Gasteiger charge is 2.55. The van der Waals surface area contributed by atoms with Gasteiger partial charge in [0.2, 0.25) is 0 Å². The number of amides is 1. The maximum absolute atomic E-state index is 12.4. The summed E-state index contributed by atoms with van der Waals surface area (Å²) in [6.45, 7) is 1.34. The van der Waals surface area contributed by atoms with E-state index in [0.717, 1.165) is 11.3 Å². The molecule has 1 amide bonds.